The summed E-state index contributed by atoms with van der Waals surface area (Å²) in [5.74, 6) is 1.92. The third-order valence-corrected chi connectivity index (χ3v) is 10.3. The maximum atomic E-state index is 5.06. The minimum atomic E-state index is 0.635. The van der Waals surface area contributed by atoms with Crippen LogP contribution < -0.4 is 0 Å². The van der Waals surface area contributed by atoms with Gasteiger partial charge >= 0.3 is 0 Å². The van der Waals surface area contributed by atoms with E-state index in [0.29, 0.717) is 17.5 Å². The molecular weight excluding hydrogens is 655 g/mol. The number of fused-ring (bicyclic) bond motifs is 4. The lowest BCUT2D eigenvalue weighted by Gasteiger charge is -2.17. The third-order valence-electron chi connectivity index (χ3n) is 10.3. The van der Waals surface area contributed by atoms with E-state index in [1.165, 1.54) is 54.6 Å². The highest BCUT2D eigenvalue weighted by Crippen LogP contribution is 2.43. The van der Waals surface area contributed by atoms with Gasteiger partial charge in [0.1, 0.15) is 0 Å². The summed E-state index contributed by atoms with van der Waals surface area (Å²) in [6.07, 6.45) is 0. The highest BCUT2D eigenvalue weighted by atomic mass is 15.0. The second kappa shape index (κ2) is 13.4. The largest absolute Gasteiger partial charge is 0.208 e. The van der Waals surface area contributed by atoms with Crippen molar-refractivity contribution >= 4 is 32.3 Å². The van der Waals surface area contributed by atoms with Crippen molar-refractivity contribution in [2.45, 2.75) is 0 Å². The lowest BCUT2D eigenvalue weighted by atomic mass is 9.86. The molecule has 1 aromatic heterocycles. The van der Waals surface area contributed by atoms with Gasteiger partial charge in [-0.15, -0.1) is 0 Å². The minimum absolute atomic E-state index is 0.635. The van der Waals surface area contributed by atoms with E-state index in [9.17, 15) is 0 Å². The summed E-state index contributed by atoms with van der Waals surface area (Å²) in [4.78, 5) is 15.1. The van der Waals surface area contributed by atoms with Crippen LogP contribution in [0.1, 0.15) is 0 Å². The SMILES string of the molecule is c1ccc(-c2ccc(-c3nc(-c4ccccc4)nc(-c4ccc(-c5c(-c6cc7ccccc7c7ccccc67)ccc6ccccc56)cc4)n3)cc2)cc1. The molecule has 10 rings (SSSR count). The van der Waals surface area contributed by atoms with Gasteiger partial charge in [0, 0.05) is 16.7 Å². The number of hydrogen-bond donors (Lipinski definition) is 0. The highest BCUT2D eigenvalue weighted by Gasteiger charge is 2.17. The van der Waals surface area contributed by atoms with Gasteiger partial charge in [-0.2, -0.15) is 0 Å². The molecule has 54 heavy (non-hydrogen) atoms. The Hall–Kier alpha value is -7.23. The molecule has 0 aliphatic carbocycles. The molecule has 0 unspecified atom stereocenters. The number of nitrogens with zero attached hydrogens (tertiary/aromatic N) is 3. The zero-order valence-corrected chi connectivity index (χ0v) is 29.4. The monoisotopic (exact) mass is 687 g/mol. The van der Waals surface area contributed by atoms with Crippen molar-refractivity contribution in [3.05, 3.63) is 200 Å². The van der Waals surface area contributed by atoms with Gasteiger partial charge in [-0.3, -0.25) is 0 Å². The van der Waals surface area contributed by atoms with Crippen LogP contribution in [0.4, 0.5) is 0 Å². The summed E-state index contributed by atoms with van der Waals surface area (Å²) in [5, 5.41) is 7.42. The van der Waals surface area contributed by atoms with Crippen molar-refractivity contribution in [2.24, 2.45) is 0 Å². The van der Waals surface area contributed by atoms with Gasteiger partial charge in [0.05, 0.1) is 0 Å². The quantitative estimate of drug-likeness (QED) is 0.163. The first-order valence-corrected chi connectivity index (χ1v) is 18.3. The Balaban J connectivity index is 1.11. The summed E-state index contributed by atoms with van der Waals surface area (Å²) in [5.41, 5.74) is 9.91. The first-order chi connectivity index (χ1) is 26.8. The molecule has 3 heteroatoms. The number of rotatable bonds is 6. The average Bonchev–Trinajstić information content (AvgIpc) is 3.26. The number of aromatic nitrogens is 3. The molecule has 1 heterocycles. The van der Waals surface area contributed by atoms with Crippen LogP contribution in [-0.2, 0) is 0 Å². The Morgan fingerprint density at radius 3 is 1.30 bits per heavy atom. The molecule has 252 valence electrons. The fourth-order valence-corrected chi connectivity index (χ4v) is 7.66. The lowest BCUT2D eigenvalue weighted by Crippen LogP contribution is -2.00. The molecular formula is C51H33N3. The van der Waals surface area contributed by atoms with E-state index in [4.69, 9.17) is 15.0 Å². The van der Waals surface area contributed by atoms with Crippen LogP contribution in [0.2, 0.25) is 0 Å². The van der Waals surface area contributed by atoms with Crippen LogP contribution in [0.15, 0.2) is 200 Å². The number of hydrogen-bond acceptors (Lipinski definition) is 3. The van der Waals surface area contributed by atoms with Gasteiger partial charge in [-0.1, -0.05) is 194 Å². The first-order valence-electron chi connectivity index (χ1n) is 18.3. The lowest BCUT2D eigenvalue weighted by molar-refractivity contribution is 1.07. The van der Waals surface area contributed by atoms with Gasteiger partial charge < -0.3 is 0 Å². The summed E-state index contributed by atoms with van der Waals surface area (Å²) in [6.45, 7) is 0. The van der Waals surface area contributed by atoms with Crippen molar-refractivity contribution in [1.29, 1.82) is 0 Å². The molecule has 0 aliphatic rings. The van der Waals surface area contributed by atoms with Crippen LogP contribution >= 0.6 is 0 Å². The summed E-state index contributed by atoms with van der Waals surface area (Å²) in [7, 11) is 0. The van der Waals surface area contributed by atoms with E-state index in [1.54, 1.807) is 0 Å². The smallest absolute Gasteiger partial charge is 0.164 e. The van der Waals surface area contributed by atoms with Crippen molar-refractivity contribution < 1.29 is 0 Å². The van der Waals surface area contributed by atoms with Crippen molar-refractivity contribution in [1.82, 2.24) is 15.0 Å². The van der Waals surface area contributed by atoms with Crippen LogP contribution in [0.25, 0.3) is 99.9 Å². The van der Waals surface area contributed by atoms with Crippen LogP contribution in [0, 0.1) is 0 Å². The molecule has 0 aliphatic heterocycles. The Bertz CT molecular complexity index is 2950. The molecule has 0 bridgehead atoms. The highest BCUT2D eigenvalue weighted by molar-refractivity contribution is 6.16. The summed E-state index contributed by atoms with van der Waals surface area (Å²) in [6, 6.07) is 70.7. The van der Waals surface area contributed by atoms with Gasteiger partial charge in [0.25, 0.3) is 0 Å². The molecule has 9 aromatic carbocycles. The predicted octanol–water partition coefficient (Wildman–Crippen LogP) is 13.3. The molecule has 0 atom stereocenters. The molecule has 3 nitrogen and oxygen atoms in total. The maximum Gasteiger partial charge on any atom is 0.164 e. The van der Waals surface area contributed by atoms with E-state index < -0.39 is 0 Å². The Labute approximate surface area is 313 Å². The average molecular weight is 688 g/mol. The zero-order valence-electron chi connectivity index (χ0n) is 29.4. The normalized spacial score (nSPS) is 11.3. The third kappa shape index (κ3) is 5.69. The maximum absolute atomic E-state index is 5.06. The fraction of sp³-hybridized carbons (Fsp3) is 0. The zero-order chi connectivity index (χ0) is 35.8. The first kappa shape index (κ1) is 31.5. The Kier molecular flexibility index (Phi) is 7.81. The van der Waals surface area contributed by atoms with E-state index in [0.717, 1.165) is 27.8 Å². The molecule has 0 saturated carbocycles. The van der Waals surface area contributed by atoms with Crippen LogP contribution in [0.3, 0.4) is 0 Å². The summed E-state index contributed by atoms with van der Waals surface area (Å²) >= 11 is 0. The van der Waals surface area contributed by atoms with Crippen LogP contribution in [-0.4, -0.2) is 15.0 Å². The van der Waals surface area contributed by atoms with Crippen molar-refractivity contribution in [2.75, 3.05) is 0 Å². The fourth-order valence-electron chi connectivity index (χ4n) is 7.66. The van der Waals surface area contributed by atoms with E-state index in [-0.39, 0.29) is 0 Å². The molecule has 0 radical (unpaired) electrons. The Morgan fingerprint density at radius 2 is 0.667 bits per heavy atom. The summed E-state index contributed by atoms with van der Waals surface area (Å²) < 4.78 is 0. The van der Waals surface area contributed by atoms with Crippen LogP contribution in [0.5, 0.6) is 0 Å². The van der Waals surface area contributed by atoms with Gasteiger partial charge in [-0.05, 0) is 71.8 Å². The molecule has 10 aromatic rings. The minimum Gasteiger partial charge on any atom is -0.208 e. The van der Waals surface area contributed by atoms with Gasteiger partial charge in [0.2, 0.25) is 0 Å². The molecule has 0 fully saturated rings. The van der Waals surface area contributed by atoms with Crippen molar-refractivity contribution in [3.8, 4) is 67.5 Å². The topological polar surface area (TPSA) is 38.7 Å². The second-order valence-electron chi connectivity index (χ2n) is 13.6. The van der Waals surface area contributed by atoms with E-state index >= 15 is 0 Å². The van der Waals surface area contributed by atoms with Crippen molar-refractivity contribution in [3.63, 3.8) is 0 Å². The standard InChI is InChI=1S/C51H33N3/c1-3-13-34(14-4-1)35-23-27-39(28-24-35)50-52-49(38-16-5-2-6-17-38)53-51(54-50)40-29-25-37(26-30-40)48-43-20-10-7-15-36(43)31-32-46(48)47-33-41-18-8-9-19-42(41)44-21-11-12-22-45(44)47/h1-33H. The predicted molar refractivity (Wildman–Crippen MR) is 225 cm³/mol. The van der Waals surface area contributed by atoms with E-state index in [2.05, 4.69) is 164 Å². The molecule has 0 spiro atoms. The van der Waals surface area contributed by atoms with E-state index in [1.807, 2.05) is 36.4 Å². The molecule has 0 N–H and O–H groups in total. The van der Waals surface area contributed by atoms with Gasteiger partial charge in [0.15, 0.2) is 17.5 Å². The Morgan fingerprint density at radius 1 is 0.241 bits per heavy atom. The van der Waals surface area contributed by atoms with Gasteiger partial charge in [-0.25, -0.2) is 15.0 Å². The number of benzene rings is 9. The molecule has 0 saturated heterocycles. The molecule has 0 amide bonds. The second-order valence-corrected chi connectivity index (χ2v) is 13.6.